The van der Waals surface area contributed by atoms with Gasteiger partial charge in [0.15, 0.2) is 0 Å². The van der Waals surface area contributed by atoms with Crippen LogP contribution in [0, 0.1) is 17.0 Å². The van der Waals surface area contributed by atoms with Crippen molar-refractivity contribution in [3.05, 3.63) is 133 Å². The molecule has 1 heterocycles. The molecule has 1 unspecified atom stereocenters. The summed E-state index contributed by atoms with van der Waals surface area (Å²) in [5, 5.41) is 16.9. The molecule has 0 aliphatic heterocycles. The zero-order valence-electron chi connectivity index (χ0n) is 25.5. The second kappa shape index (κ2) is 15.7. The third-order valence-electron chi connectivity index (χ3n) is 6.98. The van der Waals surface area contributed by atoms with E-state index in [4.69, 9.17) is 9.47 Å². The van der Waals surface area contributed by atoms with Crippen LogP contribution in [-0.4, -0.2) is 57.5 Å². The number of amides is 3. The monoisotopic (exact) mass is 644 g/mol. The summed E-state index contributed by atoms with van der Waals surface area (Å²) in [6, 6.07) is 19.6. The van der Waals surface area contributed by atoms with Crippen LogP contribution >= 0.6 is 0 Å². The number of anilines is 1. The number of hydrogen-bond acceptors (Lipinski definition) is 9. The van der Waals surface area contributed by atoms with E-state index in [1.807, 2.05) is 6.07 Å². The molecule has 15 nitrogen and oxygen atoms in total. The third-order valence-corrected chi connectivity index (χ3v) is 6.98. The molecule has 47 heavy (non-hydrogen) atoms. The first-order chi connectivity index (χ1) is 22.6. The van der Waals surface area contributed by atoms with E-state index in [2.05, 4.69) is 15.6 Å². The second-order valence-electron chi connectivity index (χ2n) is 10.2. The van der Waals surface area contributed by atoms with Crippen LogP contribution in [0.1, 0.15) is 22.7 Å². The first kappa shape index (κ1) is 33.6. The number of carbonyl (C=O) groups is 3. The zero-order valence-corrected chi connectivity index (χ0v) is 25.5. The average molecular weight is 645 g/mol. The number of aromatic nitrogens is 2. The van der Waals surface area contributed by atoms with Gasteiger partial charge in [-0.3, -0.25) is 34.0 Å². The zero-order chi connectivity index (χ0) is 33.9. The number of carbonyl (C=O) groups excluding carboxylic acids is 3. The van der Waals surface area contributed by atoms with E-state index in [-0.39, 0.29) is 36.7 Å². The fraction of sp³-hybridized carbons (Fsp3) is 0.219. The lowest BCUT2D eigenvalue weighted by molar-refractivity contribution is -0.384. The molecule has 4 aromatic rings. The van der Waals surface area contributed by atoms with Crippen molar-refractivity contribution < 1.29 is 28.8 Å². The fourth-order valence-electron chi connectivity index (χ4n) is 4.63. The molecule has 3 amide bonds. The number of aryl methyl sites for hydroxylation is 1. The molecule has 3 aromatic carbocycles. The highest BCUT2D eigenvalue weighted by Gasteiger charge is 2.33. The lowest BCUT2D eigenvalue weighted by Gasteiger charge is -2.31. The average Bonchev–Trinajstić information content (AvgIpc) is 3.06. The van der Waals surface area contributed by atoms with Gasteiger partial charge in [0.25, 0.3) is 17.2 Å². The van der Waals surface area contributed by atoms with Gasteiger partial charge in [0.1, 0.15) is 30.6 Å². The number of methoxy groups -OCH3 is 1. The first-order valence-corrected chi connectivity index (χ1v) is 14.3. The Morgan fingerprint density at radius 1 is 1.02 bits per heavy atom. The number of hydrogen-bond donors (Lipinski definition) is 3. The van der Waals surface area contributed by atoms with Crippen LogP contribution in [0.5, 0.6) is 5.75 Å². The van der Waals surface area contributed by atoms with Gasteiger partial charge in [-0.2, -0.15) is 0 Å². The third kappa shape index (κ3) is 8.91. The minimum atomic E-state index is -1.38. The Bertz CT molecular complexity index is 1860. The summed E-state index contributed by atoms with van der Waals surface area (Å²) in [6.07, 6.45) is 0.442. The van der Waals surface area contributed by atoms with Crippen molar-refractivity contribution in [3.63, 3.8) is 0 Å². The number of alkyl carbamates (subject to hydrolysis) is 1. The minimum absolute atomic E-state index is 0.000513. The number of rotatable bonds is 13. The SMILES string of the molecule is COc1ccc(NC(=O)C(c2ccccc2)N(CCNC(=O)OCc2ccccc2)C(=O)Cn2cc(C)c(=O)[nH]c2=O)c([N+](=O)[O-])c1. The lowest BCUT2D eigenvalue weighted by Crippen LogP contribution is -2.47. The van der Waals surface area contributed by atoms with Crippen LogP contribution in [0.4, 0.5) is 16.2 Å². The van der Waals surface area contributed by atoms with E-state index in [1.54, 1.807) is 54.6 Å². The smallest absolute Gasteiger partial charge is 0.407 e. The van der Waals surface area contributed by atoms with Crippen LogP contribution in [0.15, 0.2) is 94.6 Å². The summed E-state index contributed by atoms with van der Waals surface area (Å²) in [7, 11) is 1.34. The van der Waals surface area contributed by atoms with Crippen molar-refractivity contribution in [2.45, 2.75) is 26.1 Å². The van der Waals surface area contributed by atoms with Gasteiger partial charge in [-0.1, -0.05) is 60.7 Å². The maximum absolute atomic E-state index is 14.0. The van der Waals surface area contributed by atoms with Crippen molar-refractivity contribution >= 4 is 29.3 Å². The Balaban J connectivity index is 1.65. The Morgan fingerprint density at radius 2 is 1.70 bits per heavy atom. The molecule has 0 saturated heterocycles. The van der Waals surface area contributed by atoms with Crippen LogP contribution in [0.3, 0.4) is 0 Å². The number of H-pyrrole nitrogens is 1. The van der Waals surface area contributed by atoms with Crippen molar-refractivity contribution in [2.24, 2.45) is 0 Å². The van der Waals surface area contributed by atoms with E-state index in [9.17, 15) is 34.1 Å². The van der Waals surface area contributed by atoms with Gasteiger partial charge < -0.3 is 25.0 Å². The van der Waals surface area contributed by atoms with Crippen molar-refractivity contribution in [1.29, 1.82) is 0 Å². The predicted octanol–water partition coefficient (Wildman–Crippen LogP) is 2.90. The highest BCUT2D eigenvalue weighted by Crippen LogP contribution is 2.31. The molecule has 0 saturated carbocycles. The molecule has 1 aromatic heterocycles. The summed E-state index contributed by atoms with van der Waals surface area (Å²) in [4.78, 5) is 79.2. The molecular formula is C32H32N6O9. The van der Waals surface area contributed by atoms with Crippen molar-refractivity contribution in [2.75, 3.05) is 25.5 Å². The number of nitrogens with one attached hydrogen (secondary N) is 3. The fourth-order valence-corrected chi connectivity index (χ4v) is 4.63. The van der Waals surface area contributed by atoms with Gasteiger partial charge in [-0.05, 0) is 30.2 Å². The van der Waals surface area contributed by atoms with Gasteiger partial charge in [0.05, 0.1) is 18.1 Å². The van der Waals surface area contributed by atoms with Crippen LogP contribution < -0.4 is 26.6 Å². The maximum atomic E-state index is 14.0. The quantitative estimate of drug-likeness (QED) is 0.145. The summed E-state index contributed by atoms with van der Waals surface area (Å²) >= 11 is 0. The van der Waals surface area contributed by atoms with E-state index in [1.165, 1.54) is 32.4 Å². The number of ether oxygens (including phenoxy) is 2. The van der Waals surface area contributed by atoms with Crippen molar-refractivity contribution in [1.82, 2.24) is 19.8 Å². The van der Waals surface area contributed by atoms with Crippen LogP contribution in [0.25, 0.3) is 0 Å². The predicted molar refractivity (Wildman–Crippen MR) is 170 cm³/mol. The van der Waals surface area contributed by atoms with Crippen molar-refractivity contribution in [3.8, 4) is 5.75 Å². The number of benzene rings is 3. The maximum Gasteiger partial charge on any atom is 0.407 e. The lowest BCUT2D eigenvalue weighted by atomic mass is 10.0. The van der Waals surface area contributed by atoms with E-state index < -0.39 is 52.4 Å². The van der Waals surface area contributed by atoms with Gasteiger partial charge in [-0.25, -0.2) is 9.59 Å². The number of nitrogens with zero attached hydrogens (tertiary/aromatic N) is 3. The number of nitro benzene ring substituents is 1. The van der Waals surface area contributed by atoms with Gasteiger partial charge in [0.2, 0.25) is 5.91 Å². The highest BCUT2D eigenvalue weighted by atomic mass is 16.6. The molecule has 0 radical (unpaired) electrons. The first-order valence-electron chi connectivity index (χ1n) is 14.3. The van der Waals surface area contributed by atoms with Gasteiger partial charge >= 0.3 is 11.8 Å². The molecule has 3 N–H and O–H groups in total. The molecule has 0 fully saturated rings. The minimum Gasteiger partial charge on any atom is -0.496 e. The second-order valence-corrected chi connectivity index (χ2v) is 10.2. The summed E-state index contributed by atoms with van der Waals surface area (Å²) < 4.78 is 11.3. The molecule has 0 aliphatic rings. The standard InChI is InChI=1S/C32H32N6O9/c1-21-18-36(31(42)35-29(21)40)19-27(39)37(16-15-33-32(43)47-20-22-9-5-3-6-10-22)28(23-11-7-4-8-12-23)30(41)34-25-14-13-24(46-2)17-26(25)38(44)45/h3-14,17-18,28H,15-16,19-20H2,1-2H3,(H,33,43)(H,34,41)(H,35,40,42). The van der Waals surface area contributed by atoms with Crippen LogP contribution in [0.2, 0.25) is 0 Å². The topological polar surface area (TPSA) is 195 Å². The number of nitro groups is 1. The van der Waals surface area contributed by atoms with Crippen LogP contribution in [-0.2, 0) is 27.5 Å². The molecule has 4 rings (SSSR count). The van der Waals surface area contributed by atoms with Gasteiger partial charge in [-0.15, -0.1) is 0 Å². The normalized spacial score (nSPS) is 11.2. The Labute approximate surface area is 267 Å². The largest absolute Gasteiger partial charge is 0.496 e. The van der Waals surface area contributed by atoms with E-state index >= 15 is 0 Å². The molecule has 0 bridgehead atoms. The summed E-state index contributed by atoms with van der Waals surface area (Å²) in [6.45, 7) is 0.476. The Morgan fingerprint density at radius 3 is 2.36 bits per heavy atom. The van der Waals surface area contributed by atoms with E-state index in [0.29, 0.717) is 5.56 Å². The Hall–Kier alpha value is -6.25. The molecule has 1 atom stereocenters. The highest BCUT2D eigenvalue weighted by molar-refractivity contribution is 5.99. The molecule has 15 heteroatoms. The summed E-state index contributed by atoms with van der Waals surface area (Å²) in [5.41, 5.74) is -0.774. The molecule has 0 aliphatic carbocycles. The molecule has 244 valence electrons. The number of aromatic amines is 1. The molecule has 0 spiro atoms. The molecular weight excluding hydrogens is 612 g/mol. The van der Waals surface area contributed by atoms with Gasteiger partial charge in [0, 0.05) is 24.8 Å². The summed E-state index contributed by atoms with van der Waals surface area (Å²) in [5.74, 6) is -1.35. The Kier molecular flexibility index (Phi) is 11.2. The van der Waals surface area contributed by atoms with E-state index in [0.717, 1.165) is 21.1 Å².